The van der Waals surface area contributed by atoms with E-state index >= 15 is 0 Å². The summed E-state index contributed by atoms with van der Waals surface area (Å²) in [6, 6.07) is 16.1. The van der Waals surface area contributed by atoms with E-state index in [9.17, 15) is 9.59 Å². The van der Waals surface area contributed by atoms with Crippen molar-refractivity contribution >= 4 is 29.4 Å². The lowest BCUT2D eigenvalue weighted by atomic mass is 9.91. The maximum atomic E-state index is 9.55. The van der Waals surface area contributed by atoms with E-state index < -0.39 is 11.9 Å². The summed E-state index contributed by atoms with van der Waals surface area (Å²) < 4.78 is 0. The Morgan fingerprint density at radius 3 is 2.41 bits per heavy atom. The molecule has 29 heavy (non-hydrogen) atoms. The van der Waals surface area contributed by atoms with Crippen LogP contribution in [0.5, 0.6) is 0 Å². The van der Waals surface area contributed by atoms with Crippen LogP contribution in [-0.2, 0) is 9.59 Å². The molecule has 2 heterocycles. The number of piperidine rings is 1. The van der Waals surface area contributed by atoms with Gasteiger partial charge in [0.25, 0.3) is 0 Å². The Kier molecular flexibility index (Phi) is 6.95. The first-order valence-electron chi connectivity index (χ1n) is 9.42. The highest BCUT2D eigenvalue weighted by Crippen LogP contribution is 2.45. The average molecular weight is 413 g/mol. The molecule has 4 rings (SSSR count). The summed E-state index contributed by atoms with van der Waals surface area (Å²) in [4.78, 5) is 21.8. The van der Waals surface area contributed by atoms with Gasteiger partial charge in [-0.1, -0.05) is 41.6 Å². The molecule has 1 fully saturated rings. The largest absolute Gasteiger partial charge is 0.478 e. The maximum absolute atomic E-state index is 9.55. The number of aryl methyl sites for hydroxylation is 1. The first kappa shape index (κ1) is 21.0. The second kappa shape index (κ2) is 9.62. The van der Waals surface area contributed by atoms with Crippen molar-refractivity contribution in [3.8, 4) is 0 Å². The van der Waals surface area contributed by atoms with Crippen molar-refractivity contribution in [3.63, 3.8) is 0 Å². The van der Waals surface area contributed by atoms with E-state index in [0.717, 1.165) is 13.1 Å². The molecule has 6 nitrogen and oxygen atoms in total. The number of carboxylic acid groups (broad SMARTS) is 2. The second-order valence-electron chi connectivity index (χ2n) is 7.00. The number of hydrogen-bond donors (Lipinski definition) is 4. The lowest BCUT2D eigenvalue weighted by molar-refractivity contribution is -0.134. The van der Waals surface area contributed by atoms with Gasteiger partial charge in [0.2, 0.25) is 0 Å². The third kappa shape index (κ3) is 5.62. The Hall–Kier alpha value is -2.77. The fourth-order valence-corrected chi connectivity index (χ4v) is 4.47. The second-order valence-corrected chi connectivity index (χ2v) is 8.11. The first-order valence-corrected chi connectivity index (χ1v) is 10.2. The van der Waals surface area contributed by atoms with Crippen LogP contribution in [0.4, 0.5) is 5.69 Å². The van der Waals surface area contributed by atoms with Gasteiger partial charge in [0.15, 0.2) is 0 Å². The van der Waals surface area contributed by atoms with Gasteiger partial charge in [0, 0.05) is 40.4 Å². The van der Waals surface area contributed by atoms with Gasteiger partial charge in [-0.2, -0.15) is 0 Å². The zero-order valence-electron chi connectivity index (χ0n) is 16.1. The zero-order valence-corrected chi connectivity index (χ0v) is 16.9. The number of rotatable bonds is 4. The predicted molar refractivity (Wildman–Crippen MR) is 114 cm³/mol. The van der Waals surface area contributed by atoms with Crippen LogP contribution in [0.3, 0.4) is 0 Å². The molecule has 0 aromatic heterocycles. The molecule has 0 spiro atoms. The van der Waals surface area contributed by atoms with Crippen molar-refractivity contribution in [2.45, 2.75) is 35.1 Å². The minimum atomic E-state index is -1.26. The van der Waals surface area contributed by atoms with Gasteiger partial charge in [0.1, 0.15) is 0 Å². The molecule has 0 saturated carbocycles. The fraction of sp³-hybridized carbons (Fsp3) is 0.273. The van der Waals surface area contributed by atoms with Crippen molar-refractivity contribution in [2.24, 2.45) is 0 Å². The van der Waals surface area contributed by atoms with Crippen LogP contribution in [0.15, 0.2) is 64.4 Å². The van der Waals surface area contributed by atoms with E-state index in [2.05, 4.69) is 60.0 Å². The number of nitrogens with one attached hydrogen (secondary N) is 2. The SMILES string of the molecule is Cc1ccc(Sc2cccc3c2N[C@@H]2CCNC[C@H]32)cc1.O=C(O)/C=C/C(=O)O. The molecule has 0 bridgehead atoms. The normalized spacial score (nSPS) is 19.5. The highest BCUT2D eigenvalue weighted by atomic mass is 32.2. The minimum absolute atomic E-state index is 0.558. The van der Waals surface area contributed by atoms with Crippen LogP contribution in [0.2, 0.25) is 0 Å². The lowest BCUT2D eigenvalue weighted by Gasteiger charge is -2.26. The molecule has 0 unspecified atom stereocenters. The quantitative estimate of drug-likeness (QED) is 0.568. The molecule has 2 aliphatic heterocycles. The molecule has 2 atom stereocenters. The number of aliphatic carboxylic acids is 2. The average Bonchev–Trinajstić information content (AvgIpc) is 3.09. The van der Waals surface area contributed by atoms with Crippen LogP contribution in [0.25, 0.3) is 0 Å². The molecule has 152 valence electrons. The van der Waals surface area contributed by atoms with E-state index in [-0.39, 0.29) is 0 Å². The molecular formula is C22H24N2O4S. The van der Waals surface area contributed by atoms with Gasteiger partial charge in [-0.15, -0.1) is 0 Å². The van der Waals surface area contributed by atoms with E-state index in [1.807, 2.05) is 11.8 Å². The van der Waals surface area contributed by atoms with Gasteiger partial charge >= 0.3 is 11.9 Å². The smallest absolute Gasteiger partial charge is 0.328 e. The maximum Gasteiger partial charge on any atom is 0.328 e. The molecular weight excluding hydrogens is 388 g/mol. The van der Waals surface area contributed by atoms with Crippen molar-refractivity contribution < 1.29 is 19.8 Å². The third-order valence-electron chi connectivity index (χ3n) is 4.89. The van der Waals surface area contributed by atoms with Crippen LogP contribution in [0.1, 0.15) is 23.5 Å². The summed E-state index contributed by atoms with van der Waals surface area (Å²) in [7, 11) is 0. The highest BCUT2D eigenvalue weighted by Gasteiger charge is 2.34. The van der Waals surface area contributed by atoms with Gasteiger partial charge in [-0.25, -0.2) is 9.59 Å². The third-order valence-corrected chi connectivity index (χ3v) is 5.95. The van der Waals surface area contributed by atoms with Gasteiger partial charge in [-0.3, -0.25) is 0 Å². The van der Waals surface area contributed by atoms with E-state index in [1.165, 1.54) is 33.0 Å². The molecule has 2 aromatic carbocycles. The Morgan fingerprint density at radius 1 is 1.07 bits per heavy atom. The fourth-order valence-electron chi connectivity index (χ4n) is 3.52. The van der Waals surface area contributed by atoms with E-state index in [0.29, 0.717) is 24.1 Å². The van der Waals surface area contributed by atoms with Crippen LogP contribution in [-0.4, -0.2) is 41.3 Å². The summed E-state index contributed by atoms with van der Waals surface area (Å²) in [6.45, 7) is 4.36. The van der Waals surface area contributed by atoms with Crippen molar-refractivity contribution in [3.05, 3.63) is 65.7 Å². The van der Waals surface area contributed by atoms with Gasteiger partial charge < -0.3 is 20.8 Å². The monoisotopic (exact) mass is 412 g/mol. The standard InChI is InChI=1S/C18H20N2S.C4H4O4/c1-12-5-7-13(8-6-12)21-17-4-2-3-14-15-11-19-10-9-16(15)20-18(14)17;5-3(6)1-2-4(7)8/h2-8,15-16,19-20H,9-11H2,1H3;1-2H,(H,5,6)(H,7,8)/b;2-1+/t15-,16-;/m1./s1. The summed E-state index contributed by atoms with van der Waals surface area (Å²) >= 11 is 1.86. The number of para-hydroxylation sites is 1. The molecule has 1 saturated heterocycles. The Labute approximate surface area is 174 Å². The zero-order chi connectivity index (χ0) is 20.8. The van der Waals surface area contributed by atoms with E-state index in [4.69, 9.17) is 10.2 Å². The molecule has 2 aliphatic rings. The topological polar surface area (TPSA) is 98.7 Å². The number of benzene rings is 2. The number of carbonyl (C=O) groups is 2. The Bertz CT molecular complexity index is 896. The van der Waals surface area contributed by atoms with Crippen LogP contribution < -0.4 is 10.6 Å². The molecule has 0 aliphatic carbocycles. The molecule has 4 N–H and O–H groups in total. The molecule has 0 radical (unpaired) electrons. The van der Waals surface area contributed by atoms with Crippen LogP contribution >= 0.6 is 11.8 Å². The number of fused-ring (bicyclic) bond motifs is 3. The molecule has 2 aromatic rings. The predicted octanol–water partition coefficient (Wildman–Crippen LogP) is 3.73. The summed E-state index contributed by atoms with van der Waals surface area (Å²) in [5, 5.41) is 22.9. The molecule has 7 heteroatoms. The first-order chi connectivity index (χ1) is 13.9. The van der Waals surface area contributed by atoms with Crippen molar-refractivity contribution in [2.75, 3.05) is 18.4 Å². The van der Waals surface area contributed by atoms with Crippen molar-refractivity contribution in [1.82, 2.24) is 5.32 Å². The minimum Gasteiger partial charge on any atom is -0.478 e. The Balaban J connectivity index is 0.000000258. The van der Waals surface area contributed by atoms with Gasteiger partial charge in [0.05, 0.1) is 5.69 Å². The number of anilines is 1. The van der Waals surface area contributed by atoms with Gasteiger partial charge in [-0.05, 0) is 43.7 Å². The van der Waals surface area contributed by atoms with E-state index in [1.54, 1.807) is 0 Å². The lowest BCUT2D eigenvalue weighted by Crippen LogP contribution is -2.38. The summed E-state index contributed by atoms with van der Waals surface area (Å²) in [5.74, 6) is -1.88. The summed E-state index contributed by atoms with van der Waals surface area (Å²) in [6.07, 6.45) is 2.33. The Morgan fingerprint density at radius 2 is 1.76 bits per heavy atom. The highest BCUT2D eigenvalue weighted by molar-refractivity contribution is 7.99. The molecule has 0 amide bonds. The van der Waals surface area contributed by atoms with Crippen molar-refractivity contribution in [1.29, 1.82) is 0 Å². The number of carboxylic acids is 2. The number of hydrogen-bond acceptors (Lipinski definition) is 5. The van der Waals surface area contributed by atoms with Crippen LogP contribution in [0, 0.1) is 6.92 Å². The summed E-state index contributed by atoms with van der Waals surface area (Å²) in [5.41, 5.74) is 4.17.